The predicted octanol–water partition coefficient (Wildman–Crippen LogP) is 7.66. The van der Waals surface area contributed by atoms with Gasteiger partial charge in [-0.05, 0) is 72.2 Å². The molecule has 0 aliphatic carbocycles. The minimum absolute atomic E-state index is 0.115. The first-order chi connectivity index (χ1) is 17.6. The molecule has 1 amide bonds. The van der Waals surface area contributed by atoms with E-state index in [2.05, 4.69) is 58.6 Å². The summed E-state index contributed by atoms with van der Waals surface area (Å²) in [6.45, 7) is 4.25. The van der Waals surface area contributed by atoms with Crippen LogP contribution in [0.25, 0.3) is 23.1 Å². The van der Waals surface area contributed by atoms with Crippen molar-refractivity contribution in [3.05, 3.63) is 114 Å². The molecule has 2 aromatic heterocycles. The fraction of sp³-hybridized carbons (Fsp3) is 0.100. The fourth-order valence-corrected chi connectivity index (χ4v) is 5.01. The number of aromatic amines is 1. The molecule has 0 bridgehead atoms. The number of aromatic nitrogens is 3. The lowest BCUT2D eigenvalue weighted by molar-refractivity contribution is 0.102. The Morgan fingerprint density at radius 1 is 0.944 bits per heavy atom. The highest BCUT2D eigenvalue weighted by Gasteiger charge is 2.15. The average Bonchev–Trinajstić information content (AvgIpc) is 3.30. The Morgan fingerprint density at radius 3 is 2.58 bits per heavy atom. The van der Waals surface area contributed by atoms with Crippen LogP contribution in [0.3, 0.4) is 0 Å². The number of nitrogens with one attached hydrogen (secondary N) is 2. The van der Waals surface area contributed by atoms with Crippen LogP contribution in [0.5, 0.6) is 0 Å². The van der Waals surface area contributed by atoms with Crippen molar-refractivity contribution in [2.45, 2.75) is 29.6 Å². The van der Waals surface area contributed by atoms with Gasteiger partial charge < -0.3 is 5.32 Å². The number of amides is 1. The van der Waals surface area contributed by atoms with Gasteiger partial charge in [-0.2, -0.15) is 5.10 Å². The summed E-state index contributed by atoms with van der Waals surface area (Å²) in [7, 11) is 0. The molecule has 178 valence electrons. The summed E-state index contributed by atoms with van der Waals surface area (Å²) in [5.74, 6) is 0.201. The Balaban J connectivity index is 1.37. The van der Waals surface area contributed by atoms with E-state index in [-0.39, 0.29) is 5.91 Å². The van der Waals surface area contributed by atoms with E-state index in [1.54, 1.807) is 18.0 Å². The van der Waals surface area contributed by atoms with Crippen LogP contribution in [0, 0.1) is 0 Å². The molecule has 6 heteroatoms. The van der Waals surface area contributed by atoms with E-state index < -0.39 is 0 Å². The van der Waals surface area contributed by atoms with Crippen molar-refractivity contribution < 1.29 is 4.79 Å². The SMILES string of the molecule is CC(C)c1ccccc1NC(=O)c1ccccc1Sc1ccc2c(/C=C/c3ccccn3)n[nH]c2c1. The second-order valence-electron chi connectivity index (χ2n) is 8.70. The Kier molecular flexibility index (Phi) is 6.96. The van der Waals surface area contributed by atoms with Gasteiger partial charge in [0.25, 0.3) is 5.91 Å². The molecule has 0 saturated carbocycles. The van der Waals surface area contributed by atoms with E-state index in [4.69, 9.17) is 0 Å². The Bertz CT molecular complexity index is 1540. The minimum Gasteiger partial charge on any atom is -0.322 e. The van der Waals surface area contributed by atoms with Gasteiger partial charge in [0.05, 0.1) is 22.5 Å². The molecule has 2 heterocycles. The highest BCUT2D eigenvalue weighted by molar-refractivity contribution is 7.99. The van der Waals surface area contributed by atoms with Crippen LogP contribution < -0.4 is 5.32 Å². The molecule has 36 heavy (non-hydrogen) atoms. The number of hydrogen-bond acceptors (Lipinski definition) is 4. The molecule has 0 aliphatic rings. The number of pyridine rings is 1. The second kappa shape index (κ2) is 10.6. The molecule has 5 aromatic rings. The number of para-hydroxylation sites is 1. The molecule has 0 atom stereocenters. The molecule has 2 N–H and O–H groups in total. The van der Waals surface area contributed by atoms with Gasteiger partial charge in [-0.15, -0.1) is 0 Å². The van der Waals surface area contributed by atoms with Gasteiger partial charge in [-0.3, -0.25) is 14.9 Å². The third-order valence-electron chi connectivity index (χ3n) is 5.85. The molecule has 5 rings (SSSR count). The second-order valence-corrected chi connectivity index (χ2v) is 9.81. The summed E-state index contributed by atoms with van der Waals surface area (Å²) in [6, 6.07) is 27.6. The lowest BCUT2D eigenvalue weighted by Gasteiger charge is -2.15. The van der Waals surface area contributed by atoms with Crippen molar-refractivity contribution in [3.8, 4) is 0 Å². The number of rotatable bonds is 7. The van der Waals surface area contributed by atoms with Gasteiger partial charge in [0, 0.05) is 27.1 Å². The van der Waals surface area contributed by atoms with Crippen LogP contribution in [0.1, 0.15) is 47.1 Å². The van der Waals surface area contributed by atoms with E-state index in [0.29, 0.717) is 11.5 Å². The topological polar surface area (TPSA) is 70.7 Å². The number of anilines is 1. The number of nitrogens with zero attached hydrogens (tertiary/aromatic N) is 2. The fourth-order valence-electron chi connectivity index (χ4n) is 4.02. The standard InChI is InChI=1S/C30H26N4OS/c1-20(2)23-10-3-5-12-26(23)32-30(35)25-11-4-6-13-29(25)36-22-15-16-24-27(33-34-28(24)19-22)17-14-21-9-7-8-18-31-21/h3-20H,1-2H3,(H,32,35)(H,33,34)/b17-14+. The molecule has 0 aliphatic heterocycles. The molecule has 0 spiro atoms. The molecule has 5 nitrogen and oxygen atoms in total. The summed E-state index contributed by atoms with van der Waals surface area (Å²) in [6.07, 6.45) is 5.68. The van der Waals surface area contributed by atoms with Crippen molar-refractivity contribution in [1.82, 2.24) is 15.2 Å². The molecule has 0 fully saturated rings. The Hall–Kier alpha value is -4.16. The normalized spacial score (nSPS) is 11.4. The number of H-pyrrole nitrogens is 1. The van der Waals surface area contributed by atoms with Gasteiger partial charge >= 0.3 is 0 Å². The highest BCUT2D eigenvalue weighted by Crippen LogP contribution is 2.33. The smallest absolute Gasteiger partial charge is 0.256 e. The zero-order valence-corrected chi connectivity index (χ0v) is 20.9. The van der Waals surface area contributed by atoms with E-state index in [9.17, 15) is 4.79 Å². The monoisotopic (exact) mass is 490 g/mol. The van der Waals surface area contributed by atoms with Crippen LogP contribution in [-0.2, 0) is 0 Å². The first-order valence-corrected chi connectivity index (χ1v) is 12.6. The molecule has 3 aromatic carbocycles. The quantitative estimate of drug-likeness (QED) is 0.246. The maximum Gasteiger partial charge on any atom is 0.256 e. The van der Waals surface area contributed by atoms with Gasteiger partial charge in [0.1, 0.15) is 0 Å². The third-order valence-corrected chi connectivity index (χ3v) is 6.92. The molecular formula is C30H26N4OS. The third kappa shape index (κ3) is 5.24. The van der Waals surface area contributed by atoms with Gasteiger partial charge in [-0.25, -0.2) is 0 Å². The summed E-state index contributed by atoms with van der Waals surface area (Å²) in [5.41, 5.74) is 5.29. The van der Waals surface area contributed by atoms with E-state index in [1.165, 1.54) is 0 Å². The largest absolute Gasteiger partial charge is 0.322 e. The van der Waals surface area contributed by atoms with Crippen LogP contribution in [0.15, 0.2) is 101 Å². The van der Waals surface area contributed by atoms with E-state index in [0.717, 1.165) is 43.3 Å². The predicted molar refractivity (Wildman–Crippen MR) is 148 cm³/mol. The zero-order valence-electron chi connectivity index (χ0n) is 20.1. The van der Waals surface area contributed by atoms with Gasteiger partial charge in [0.15, 0.2) is 0 Å². The number of hydrogen-bond donors (Lipinski definition) is 2. The molecule has 0 unspecified atom stereocenters. The van der Waals surface area contributed by atoms with Crippen LogP contribution in [-0.4, -0.2) is 21.1 Å². The van der Waals surface area contributed by atoms with E-state index in [1.807, 2.05) is 72.8 Å². The Labute approximate surface area is 214 Å². The maximum absolute atomic E-state index is 13.3. The van der Waals surface area contributed by atoms with Crippen LogP contribution in [0.4, 0.5) is 5.69 Å². The summed E-state index contributed by atoms with van der Waals surface area (Å²) < 4.78 is 0. The van der Waals surface area contributed by atoms with Crippen molar-refractivity contribution in [3.63, 3.8) is 0 Å². The van der Waals surface area contributed by atoms with Crippen molar-refractivity contribution in [2.24, 2.45) is 0 Å². The van der Waals surface area contributed by atoms with Crippen molar-refractivity contribution in [1.29, 1.82) is 0 Å². The number of carbonyl (C=O) groups is 1. The zero-order chi connectivity index (χ0) is 24.9. The van der Waals surface area contributed by atoms with Crippen LogP contribution in [0.2, 0.25) is 0 Å². The summed E-state index contributed by atoms with van der Waals surface area (Å²) >= 11 is 1.56. The molecule has 0 radical (unpaired) electrons. The van der Waals surface area contributed by atoms with Gasteiger partial charge in [-0.1, -0.05) is 62.0 Å². The van der Waals surface area contributed by atoms with Crippen molar-refractivity contribution >= 4 is 46.4 Å². The minimum atomic E-state index is -0.115. The van der Waals surface area contributed by atoms with Crippen LogP contribution >= 0.6 is 11.8 Å². The Morgan fingerprint density at radius 2 is 1.75 bits per heavy atom. The first kappa shape index (κ1) is 23.6. The average molecular weight is 491 g/mol. The first-order valence-electron chi connectivity index (χ1n) is 11.8. The lowest BCUT2D eigenvalue weighted by Crippen LogP contribution is -2.14. The summed E-state index contributed by atoms with van der Waals surface area (Å²) in [4.78, 5) is 19.5. The number of carbonyl (C=O) groups excluding carboxylic acids is 1. The number of fused-ring (bicyclic) bond motifs is 1. The highest BCUT2D eigenvalue weighted by atomic mass is 32.2. The molecular weight excluding hydrogens is 464 g/mol. The maximum atomic E-state index is 13.3. The lowest BCUT2D eigenvalue weighted by atomic mass is 10.0. The van der Waals surface area contributed by atoms with Crippen molar-refractivity contribution in [2.75, 3.05) is 5.32 Å². The summed E-state index contributed by atoms with van der Waals surface area (Å²) in [5, 5.41) is 11.7. The van der Waals surface area contributed by atoms with Gasteiger partial charge in [0.2, 0.25) is 0 Å². The van der Waals surface area contributed by atoms with E-state index >= 15 is 0 Å². The molecule has 0 saturated heterocycles. The number of benzene rings is 3.